The molecule has 0 bridgehead atoms. The summed E-state index contributed by atoms with van der Waals surface area (Å²) in [5, 5.41) is 1.79. The van der Waals surface area contributed by atoms with Crippen molar-refractivity contribution >= 4 is 35.1 Å². The van der Waals surface area contributed by atoms with E-state index in [1.54, 1.807) is 22.2 Å². The van der Waals surface area contributed by atoms with Gasteiger partial charge in [0, 0.05) is 19.0 Å². The quantitative estimate of drug-likeness (QED) is 0.777. The van der Waals surface area contributed by atoms with E-state index < -0.39 is 5.60 Å². The van der Waals surface area contributed by atoms with Crippen LogP contribution in [0.5, 0.6) is 0 Å². The van der Waals surface area contributed by atoms with Crippen molar-refractivity contribution in [3.05, 3.63) is 11.1 Å². The van der Waals surface area contributed by atoms with E-state index in [2.05, 4.69) is 4.98 Å². The molecule has 6 nitrogen and oxygen atoms in total. The lowest BCUT2D eigenvalue weighted by molar-refractivity contribution is -0.00539. The number of thioether (sulfide) groups is 1. The minimum absolute atomic E-state index is 0.0729. The van der Waals surface area contributed by atoms with Gasteiger partial charge in [-0.3, -0.25) is 4.79 Å². The van der Waals surface area contributed by atoms with E-state index in [4.69, 9.17) is 4.74 Å². The minimum atomic E-state index is -0.544. The molecule has 8 heteroatoms. The first-order valence-electron chi connectivity index (χ1n) is 6.76. The maximum atomic E-state index is 12.5. The predicted octanol–water partition coefficient (Wildman–Crippen LogP) is 1.92. The molecular formula is C13H17N3O3S2. The van der Waals surface area contributed by atoms with Crippen molar-refractivity contribution in [1.82, 2.24) is 14.8 Å². The number of thiazole rings is 1. The normalized spacial score (nSPS) is 25.5. The third-order valence-electron chi connectivity index (χ3n) is 3.84. The van der Waals surface area contributed by atoms with Crippen LogP contribution in [0.1, 0.15) is 23.3 Å². The standard InChI is InChI=1S/C13H17N3O3S2/c1-15-7-13(19-12(15)18)4-3-5-16(8-13)10(17)9-6-21-11(14-9)20-2/h6H,3-5,7-8H2,1-2H3. The SMILES string of the molecule is CSc1nc(C(=O)N2CCCC3(CN(C)C(=O)O3)C2)cs1. The molecular weight excluding hydrogens is 310 g/mol. The van der Waals surface area contributed by atoms with Gasteiger partial charge >= 0.3 is 6.09 Å². The number of ether oxygens (including phenoxy) is 1. The molecule has 1 aromatic rings. The molecule has 1 aromatic heterocycles. The van der Waals surface area contributed by atoms with Crippen molar-refractivity contribution in [3.63, 3.8) is 0 Å². The van der Waals surface area contributed by atoms with Crippen LogP contribution in [0.3, 0.4) is 0 Å². The van der Waals surface area contributed by atoms with Gasteiger partial charge in [0.05, 0.1) is 13.1 Å². The van der Waals surface area contributed by atoms with E-state index in [1.807, 2.05) is 6.26 Å². The molecule has 0 radical (unpaired) electrons. The Morgan fingerprint density at radius 3 is 2.95 bits per heavy atom. The highest BCUT2D eigenvalue weighted by atomic mass is 32.2. The van der Waals surface area contributed by atoms with Crippen molar-refractivity contribution < 1.29 is 14.3 Å². The van der Waals surface area contributed by atoms with Crippen LogP contribution in [-0.2, 0) is 4.74 Å². The van der Waals surface area contributed by atoms with E-state index in [1.165, 1.54) is 23.1 Å². The van der Waals surface area contributed by atoms with Gasteiger partial charge in [0.15, 0.2) is 0 Å². The Morgan fingerprint density at radius 2 is 2.33 bits per heavy atom. The second kappa shape index (κ2) is 5.49. The zero-order chi connectivity index (χ0) is 15.0. The molecule has 2 saturated heterocycles. The summed E-state index contributed by atoms with van der Waals surface area (Å²) >= 11 is 3.01. The molecule has 2 aliphatic heterocycles. The average Bonchev–Trinajstić information content (AvgIpc) is 3.04. The van der Waals surface area contributed by atoms with Crippen molar-refractivity contribution in [2.75, 3.05) is 32.9 Å². The Hall–Kier alpha value is -1.28. The number of amides is 2. The van der Waals surface area contributed by atoms with E-state index in [0.29, 0.717) is 25.3 Å². The summed E-state index contributed by atoms with van der Waals surface area (Å²) in [5.41, 5.74) is -0.0583. The predicted molar refractivity (Wildman–Crippen MR) is 80.9 cm³/mol. The monoisotopic (exact) mass is 327 g/mol. The lowest BCUT2D eigenvalue weighted by Crippen LogP contribution is -2.52. The molecule has 2 amide bonds. The highest BCUT2D eigenvalue weighted by Gasteiger charge is 2.47. The number of nitrogens with zero attached hydrogens (tertiary/aromatic N) is 3. The van der Waals surface area contributed by atoms with Crippen molar-refractivity contribution in [3.8, 4) is 0 Å². The highest BCUT2D eigenvalue weighted by molar-refractivity contribution is 8.00. The molecule has 2 aliphatic rings. The summed E-state index contributed by atoms with van der Waals surface area (Å²) in [6.07, 6.45) is 3.28. The van der Waals surface area contributed by atoms with Gasteiger partial charge in [-0.05, 0) is 19.1 Å². The Balaban J connectivity index is 1.74. The van der Waals surface area contributed by atoms with Gasteiger partial charge in [-0.25, -0.2) is 9.78 Å². The molecule has 0 N–H and O–H groups in total. The Labute approximate surface area is 131 Å². The zero-order valence-electron chi connectivity index (χ0n) is 12.0. The molecule has 3 rings (SSSR count). The first-order valence-corrected chi connectivity index (χ1v) is 8.86. The zero-order valence-corrected chi connectivity index (χ0v) is 13.6. The van der Waals surface area contributed by atoms with Gasteiger partial charge in [0.1, 0.15) is 15.6 Å². The van der Waals surface area contributed by atoms with Gasteiger partial charge in [0.25, 0.3) is 5.91 Å². The van der Waals surface area contributed by atoms with E-state index in [-0.39, 0.29) is 12.0 Å². The molecule has 0 aliphatic carbocycles. The fourth-order valence-corrected chi connectivity index (χ4v) is 4.12. The second-order valence-corrected chi connectivity index (χ2v) is 7.35. The molecule has 2 fully saturated rings. The summed E-state index contributed by atoms with van der Waals surface area (Å²) in [7, 11) is 1.73. The van der Waals surface area contributed by atoms with Crippen LogP contribution in [0.2, 0.25) is 0 Å². The molecule has 114 valence electrons. The smallest absolute Gasteiger partial charge is 0.410 e. The Morgan fingerprint density at radius 1 is 1.52 bits per heavy atom. The lowest BCUT2D eigenvalue weighted by atomic mass is 9.92. The number of likely N-dealkylation sites (tertiary alicyclic amines) is 1. The molecule has 21 heavy (non-hydrogen) atoms. The first kappa shape index (κ1) is 14.6. The first-order chi connectivity index (χ1) is 10.0. The van der Waals surface area contributed by atoms with Crippen molar-refractivity contribution in [2.45, 2.75) is 22.8 Å². The average molecular weight is 327 g/mol. The number of carbonyl (C=O) groups excluding carboxylic acids is 2. The molecule has 1 unspecified atom stereocenters. The van der Waals surface area contributed by atoms with Crippen LogP contribution in [0.4, 0.5) is 4.79 Å². The topological polar surface area (TPSA) is 62.7 Å². The number of carbonyl (C=O) groups is 2. The fraction of sp³-hybridized carbons (Fsp3) is 0.615. The summed E-state index contributed by atoms with van der Waals surface area (Å²) in [6.45, 7) is 1.69. The van der Waals surface area contributed by atoms with Crippen LogP contribution in [0.15, 0.2) is 9.72 Å². The third-order valence-corrected chi connectivity index (χ3v) is 5.71. The summed E-state index contributed by atoms with van der Waals surface area (Å²) < 4.78 is 6.40. The Bertz CT molecular complexity index is 577. The highest BCUT2D eigenvalue weighted by Crippen LogP contribution is 2.32. The number of hydrogen-bond donors (Lipinski definition) is 0. The summed E-state index contributed by atoms with van der Waals surface area (Å²) in [4.78, 5) is 31.8. The molecule has 0 aromatic carbocycles. The van der Waals surface area contributed by atoms with Crippen LogP contribution in [-0.4, -0.2) is 65.3 Å². The minimum Gasteiger partial charge on any atom is -0.439 e. The molecule has 1 atom stereocenters. The van der Waals surface area contributed by atoms with Gasteiger partial charge in [-0.2, -0.15) is 0 Å². The van der Waals surface area contributed by atoms with Gasteiger partial charge in [-0.15, -0.1) is 11.3 Å². The van der Waals surface area contributed by atoms with E-state index in [0.717, 1.165) is 17.2 Å². The summed E-state index contributed by atoms with van der Waals surface area (Å²) in [6, 6.07) is 0. The van der Waals surface area contributed by atoms with Crippen molar-refractivity contribution in [1.29, 1.82) is 0 Å². The molecule has 3 heterocycles. The maximum Gasteiger partial charge on any atom is 0.410 e. The van der Waals surface area contributed by atoms with Crippen LogP contribution >= 0.6 is 23.1 Å². The summed E-state index contributed by atoms with van der Waals surface area (Å²) in [5.74, 6) is -0.0729. The van der Waals surface area contributed by atoms with Crippen LogP contribution in [0.25, 0.3) is 0 Å². The molecule has 0 saturated carbocycles. The third kappa shape index (κ3) is 2.74. The fourth-order valence-electron chi connectivity index (χ4n) is 2.89. The maximum absolute atomic E-state index is 12.5. The number of aromatic nitrogens is 1. The number of likely N-dealkylation sites (N-methyl/N-ethyl adjacent to an activating group) is 1. The number of piperidine rings is 1. The van der Waals surface area contributed by atoms with E-state index in [9.17, 15) is 9.59 Å². The number of rotatable bonds is 2. The largest absolute Gasteiger partial charge is 0.439 e. The van der Waals surface area contributed by atoms with E-state index >= 15 is 0 Å². The van der Waals surface area contributed by atoms with Crippen molar-refractivity contribution in [2.24, 2.45) is 0 Å². The lowest BCUT2D eigenvalue weighted by Gasteiger charge is -2.38. The van der Waals surface area contributed by atoms with Gasteiger partial charge in [0.2, 0.25) is 0 Å². The van der Waals surface area contributed by atoms with Crippen LogP contribution < -0.4 is 0 Å². The van der Waals surface area contributed by atoms with Crippen LogP contribution in [0, 0.1) is 0 Å². The van der Waals surface area contributed by atoms with Gasteiger partial charge in [-0.1, -0.05) is 11.8 Å². The molecule has 1 spiro atoms. The number of hydrogen-bond acceptors (Lipinski definition) is 6. The van der Waals surface area contributed by atoms with Gasteiger partial charge < -0.3 is 14.5 Å². The second-order valence-electron chi connectivity index (χ2n) is 5.44. The Kier molecular flexibility index (Phi) is 3.83.